The molecule has 0 aromatic rings. The van der Waals surface area contributed by atoms with Crippen molar-refractivity contribution in [3.05, 3.63) is 0 Å². The lowest BCUT2D eigenvalue weighted by molar-refractivity contribution is 0.371. The van der Waals surface area contributed by atoms with Crippen LogP contribution in [0.3, 0.4) is 0 Å². The van der Waals surface area contributed by atoms with E-state index >= 15 is 0 Å². The zero-order valence-corrected chi connectivity index (χ0v) is 9.00. The maximum absolute atomic E-state index is 8.82. The number of nitrogens with one attached hydrogen (secondary N) is 1. The first kappa shape index (κ1) is 9.98. The van der Waals surface area contributed by atoms with Crippen LogP contribution >= 0.6 is 0 Å². The summed E-state index contributed by atoms with van der Waals surface area (Å²) in [5.74, 6) is 1.17. The molecule has 0 spiro atoms. The summed E-state index contributed by atoms with van der Waals surface area (Å²) < 4.78 is 0. The van der Waals surface area contributed by atoms with Crippen LogP contribution in [0.1, 0.15) is 45.4 Å². The summed E-state index contributed by atoms with van der Waals surface area (Å²) in [7, 11) is 0. The summed E-state index contributed by atoms with van der Waals surface area (Å²) in [6.07, 6.45) is 7.50. The van der Waals surface area contributed by atoms with Crippen molar-refractivity contribution < 1.29 is 0 Å². The van der Waals surface area contributed by atoms with Crippen LogP contribution in [0, 0.1) is 23.2 Å². The molecule has 4 atom stereocenters. The van der Waals surface area contributed by atoms with E-state index in [4.69, 9.17) is 5.26 Å². The molecule has 14 heavy (non-hydrogen) atoms. The van der Waals surface area contributed by atoms with Gasteiger partial charge in [0.1, 0.15) is 0 Å². The Morgan fingerprint density at radius 1 is 1.21 bits per heavy atom. The highest BCUT2D eigenvalue weighted by molar-refractivity contribution is 4.94. The van der Waals surface area contributed by atoms with Gasteiger partial charge in [0.15, 0.2) is 0 Å². The Morgan fingerprint density at radius 2 is 2.07 bits per heavy atom. The standard InChI is InChI=1S/C12H20N2/c1-9-3-2-4-12(9)14-11-6-5-10(7-11)8-13/h9-12,14H,2-7H2,1H3. The van der Waals surface area contributed by atoms with Gasteiger partial charge in [0.25, 0.3) is 0 Å². The van der Waals surface area contributed by atoms with Gasteiger partial charge in [-0.3, -0.25) is 0 Å². The van der Waals surface area contributed by atoms with Crippen LogP contribution in [-0.4, -0.2) is 12.1 Å². The van der Waals surface area contributed by atoms with E-state index in [1.807, 2.05) is 0 Å². The maximum Gasteiger partial charge on any atom is 0.0656 e. The quantitative estimate of drug-likeness (QED) is 0.729. The van der Waals surface area contributed by atoms with Crippen molar-refractivity contribution in [2.45, 2.75) is 57.5 Å². The second kappa shape index (κ2) is 4.31. The minimum atomic E-state index is 0.323. The number of rotatable bonds is 2. The lowest BCUT2D eigenvalue weighted by Gasteiger charge is -2.22. The molecule has 2 fully saturated rings. The van der Waals surface area contributed by atoms with Gasteiger partial charge < -0.3 is 5.32 Å². The fourth-order valence-corrected chi connectivity index (χ4v) is 2.95. The molecule has 0 amide bonds. The summed E-state index contributed by atoms with van der Waals surface area (Å²) in [4.78, 5) is 0. The van der Waals surface area contributed by atoms with Crippen molar-refractivity contribution in [3.8, 4) is 6.07 Å². The average molecular weight is 192 g/mol. The number of hydrogen-bond donors (Lipinski definition) is 1. The monoisotopic (exact) mass is 192 g/mol. The molecule has 0 radical (unpaired) electrons. The van der Waals surface area contributed by atoms with E-state index in [1.165, 1.54) is 25.7 Å². The van der Waals surface area contributed by atoms with Crippen molar-refractivity contribution in [1.82, 2.24) is 5.32 Å². The number of nitriles is 1. The topological polar surface area (TPSA) is 35.8 Å². The minimum Gasteiger partial charge on any atom is -0.311 e. The number of nitrogens with zero attached hydrogens (tertiary/aromatic N) is 1. The molecule has 0 heterocycles. The molecule has 2 nitrogen and oxygen atoms in total. The van der Waals surface area contributed by atoms with Crippen LogP contribution in [0.4, 0.5) is 0 Å². The van der Waals surface area contributed by atoms with Gasteiger partial charge >= 0.3 is 0 Å². The fraction of sp³-hybridized carbons (Fsp3) is 0.917. The van der Waals surface area contributed by atoms with Crippen molar-refractivity contribution in [1.29, 1.82) is 5.26 Å². The number of hydrogen-bond acceptors (Lipinski definition) is 2. The SMILES string of the molecule is CC1CCCC1NC1CCC(C#N)C1. The first-order chi connectivity index (χ1) is 6.79. The molecule has 0 saturated heterocycles. The zero-order valence-electron chi connectivity index (χ0n) is 9.00. The van der Waals surface area contributed by atoms with E-state index in [-0.39, 0.29) is 0 Å². The molecule has 2 aliphatic carbocycles. The second-order valence-electron chi connectivity index (χ2n) is 5.02. The highest BCUT2D eigenvalue weighted by Gasteiger charge is 2.29. The summed E-state index contributed by atoms with van der Waals surface area (Å²) >= 11 is 0. The summed E-state index contributed by atoms with van der Waals surface area (Å²) in [6, 6.07) is 3.75. The van der Waals surface area contributed by atoms with Crippen LogP contribution in [0.15, 0.2) is 0 Å². The van der Waals surface area contributed by atoms with Crippen molar-refractivity contribution in [2.75, 3.05) is 0 Å². The first-order valence-corrected chi connectivity index (χ1v) is 5.95. The largest absolute Gasteiger partial charge is 0.311 e. The van der Waals surface area contributed by atoms with Crippen LogP contribution < -0.4 is 5.32 Å². The second-order valence-corrected chi connectivity index (χ2v) is 5.02. The van der Waals surface area contributed by atoms with Crippen LogP contribution in [-0.2, 0) is 0 Å². The van der Waals surface area contributed by atoms with E-state index in [9.17, 15) is 0 Å². The molecule has 78 valence electrons. The normalized spacial score (nSPS) is 42.6. The summed E-state index contributed by atoms with van der Waals surface area (Å²) in [5.41, 5.74) is 0. The maximum atomic E-state index is 8.82. The van der Waals surface area contributed by atoms with E-state index in [1.54, 1.807) is 0 Å². The first-order valence-electron chi connectivity index (χ1n) is 5.95. The van der Waals surface area contributed by atoms with Gasteiger partial charge in [-0.25, -0.2) is 0 Å². The summed E-state index contributed by atoms with van der Waals surface area (Å²) in [5, 5.41) is 12.6. The fourth-order valence-electron chi connectivity index (χ4n) is 2.95. The van der Waals surface area contributed by atoms with Gasteiger partial charge in [-0.15, -0.1) is 0 Å². The van der Waals surface area contributed by atoms with Gasteiger partial charge in [0.2, 0.25) is 0 Å². The molecule has 2 rings (SSSR count). The van der Waals surface area contributed by atoms with Crippen molar-refractivity contribution >= 4 is 0 Å². The third kappa shape index (κ3) is 2.09. The van der Waals surface area contributed by atoms with Crippen molar-refractivity contribution in [3.63, 3.8) is 0 Å². The van der Waals surface area contributed by atoms with E-state index < -0.39 is 0 Å². The van der Waals surface area contributed by atoms with Gasteiger partial charge in [-0.1, -0.05) is 13.3 Å². The minimum absolute atomic E-state index is 0.323. The van der Waals surface area contributed by atoms with Gasteiger partial charge in [-0.05, 0) is 38.0 Å². The average Bonchev–Trinajstić information content (AvgIpc) is 2.77. The van der Waals surface area contributed by atoms with E-state index in [2.05, 4.69) is 18.3 Å². The highest BCUT2D eigenvalue weighted by atomic mass is 15.0. The smallest absolute Gasteiger partial charge is 0.0656 e. The zero-order chi connectivity index (χ0) is 9.97. The Balaban J connectivity index is 1.79. The Hall–Kier alpha value is -0.550. The predicted octanol–water partition coefficient (Wildman–Crippen LogP) is 2.46. The van der Waals surface area contributed by atoms with Crippen LogP contribution in [0.5, 0.6) is 0 Å². The molecule has 0 bridgehead atoms. The van der Waals surface area contributed by atoms with Gasteiger partial charge in [0.05, 0.1) is 6.07 Å². The molecule has 4 unspecified atom stereocenters. The highest BCUT2D eigenvalue weighted by Crippen LogP contribution is 2.29. The molecule has 0 aromatic heterocycles. The van der Waals surface area contributed by atoms with Gasteiger partial charge in [-0.2, -0.15) is 5.26 Å². The molecule has 2 heteroatoms. The molecule has 2 aliphatic rings. The van der Waals surface area contributed by atoms with Gasteiger partial charge in [0, 0.05) is 18.0 Å². The molecule has 0 aliphatic heterocycles. The lowest BCUT2D eigenvalue weighted by Crippen LogP contribution is -2.38. The third-order valence-electron chi connectivity index (χ3n) is 3.93. The predicted molar refractivity (Wildman–Crippen MR) is 56.7 cm³/mol. The molecular formula is C12H20N2. The Kier molecular flexibility index (Phi) is 3.08. The molecule has 2 saturated carbocycles. The van der Waals surface area contributed by atoms with Crippen LogP contribution in [0.25, 0.3) is 0 Å². The molecular weight excluding hydrogens is 172 g/mol. The van der Waals surface area contributed by atoms with E-state index in [0.29, 0.717) is 12.0 Å². The molecule has 1 N–H and O–H groups in total. The van der Waals surface area contributed by atoms with Crippen LogP contribution in [0.2, 0.25) is 0 Å². The third-order valence-corrected chi connectivity index (χ3v) is 3.93. The van der Waals surface area contributed by atoms with Crippen molar-refractivity contribution in [2.24, 2.45) is 11.8 Å². The lowest BCUT2D eigenvalue weighted by atomic mass is 10.0. The Morgan fingerprint density at radius 3 is 2.64 bits per heavy atom. The summed E-state index contributed by atoms with van der Waals surface area (Å²) in [6.45, 7) is 2.35. The Bertz CT molecular complexity index is 231. The molecule has 0 aromatic carbocycles. The van der Waals surface area contributed by atoms with E-state index in [0.717, 1.165) is 24.8 Å². The Labute approximate surface area is 86.7 Å².